The highest BCUT2D eigenvalue weighted by atomic mass is 16.4. The van der Waals surface area contributed by atoms with E-state index in [1.165, 1.54) is 17.7 Å². The molecule has 6 nitrogen and oxygen atoms in total. The average Bonchev–Trinajstić information content (AvgIpc) is 2.30. The Morgan fingerprint density at radius 1 is 1.39 bits per heavy atom. The Hall–Kier alpha value is -2.11. The molecule has 0 atom stereocenters. The topological polar surface area (TPSA) is 88.4 Å². The van der Waals surface area contributed by atoms with Crippen LogP contribution in [0.4, 0.5) is 0 Å². The molecule has 1 aromatic rings. The Balaban J connectivity index is 3.41. The van der Waals surface area contributed by atoms with Gasteiger partial charge in [-0.2, -0.15) is 0 Å². The maximum atomic E-state index is 12.0. The van der Waals surface area contributed by atoms with Gasteiger partial charge in [-0.1, -0.05) is 13.8 Å². The fraction of sp³-hybridized carbons (Fsp3) is 0.417. The highest BCUT2D eigenvalue weighted by Gasteiger charge is 2.17. The summed E-state index contributed by atoms with van der Waals surface area (Å²) < 4.78 is 1.20. The first-order chi connectivity index (χ1) is 8.38. The molecule has 18 heavy (non-hydrogen) atoms. The van der Waals surface area contributed by atoms with Gasteiger partial charge in [0.2, 0.25) is 5.91 Å². The minimum atomic E-state index is -1.29. The number of likely N-dealkylation sites (N-methyl/N-ethyl adjacent to an activating group) is 1. The van der Waals surface area contributed by atoms with Gasteiger partial charge < -0.3 is 15.0 Å². The standard InChI is InChI=1S/C12H16N2O4/c1-7(2)9-5-4-8(12(17)18)11(16)14(9)6-10(15)13-3/h4-5,7H,6H2,1-3H3,(H,13,15)(H,17,18). The molecule has 6 heteroatoms. The summed E-state index contributed by atoms with van der Waals surface area (Å²) >= 11 is 0. The van der Waals surface area contributed by atoms with E-state index >= 15 is 0 Å². The van der Waals surface area contributed by atoms with Gasteiger partial charge in [0.05, 0.1) is 0 Å². The van der Waals surface area contributed by atoms with Gasteiger partial charge >= 0.3 is 5.97 Å². The quantitative estimate of drug-likeness (QED) is 0.812. The van der Waals surface area contributed by atoms with Gasteiger partial charge in [-0.05, 0) is 18.1 Å². The smallest absolute Gasteiger partial charge is 0.341 e. The van der Waals surface area contributed by atoms with Gasteiger partial charge in [0.25, 0.3) is 5.56 Å². The zero-order valence-corrected chi connectivity index (χ0v) is 10.6. The zero-order valence-electron chi connectivity index (χ0n) is 10.6. The van der Waals surface area contributed by atoms with Crippen molar-refractivity contribution in [3.8, 4) is 0 Å². The number of aromatic nitrogens is 1. The molecule has 0 bridgehead atoms. The van der Waals surface area contributed by atoms with E-state index in [4.69, 9.17) is 5.11 Å². The summed E-state index contributed by atoms with van der Waals surface area (Å²) in [7, 11) is 1.46. The van der Waals surface area contributed by atoms with Crippen LogP contribution in [0.2, 0.25) is 0 Å². The van der Waals surface area contributed by atoms with Crippen LogP contribution in [0.3, 0.4) is 0 Å². The van der Waals surface area contributed by atoms with Crippen molar-refractivity contribution >= 4 is 11.9 Å². The predicted octanol–water partition coefficient (Wildman–Crippen LogP) is 0.416. The first kappa shape index (κ1) is 14.0. The molecule has 0 unspecified atom stereocenters. The molecule has 0 radical (unpaired) electrons. The van der Waals surface area contributed by atoms with E-state index in [0.717, 1.165) is 0 Å². The molecular formula is C12H16N2O4. The summed E-state index contributed by atoms with van der Waals surface area (Å²) in [6.45, 7) is 3.56. The molecule has 0 saturated heterocycles. The minimum absolute atomic E-state index is 0.0187. The molecule has 98 valence electrons. The third kappa shape index (κ3) is 2.77. The maximum absolute atomic E-state index is 12.0. The SMILES string of the molecule is CNC(=O)Cn1c(C(C)C)ccc(C(=O)O)c1=O. The first-order valence-corrected chi connectivity index (χ1v) is 5.56. The summed E-state index contributed by atoms with van der Waals surface area (Å²) in [6, 6.07) is 2.85. The first-order valence-electron chi connectivity index (χ1n) is 5.56. The molecule has 1 heterocycles. The minimum Gasteiger partial charge on any atom is -0.477 e. The highest BCUT2D eigenvalue weighted by Crippen LogP contribution is 2.13. The Kier molecular flexibility index (Phi) is 4.25. The molecule has 0 aliphatic heterocycles. The van der Waals surface area contributed by atoms with E-state index in [2.05, 4.69) is 5.32 Å². The molecule has 0 fully saturated rings. The van der Waals surface area contributed by atoms with Crippen LogP contribution in [0.5, 0.6) is 0 Å². The van der Waals surface area contributed by atoms with Crippen molar-refractivity contribution in [2.45, 2.75) is 26.3 Å². The van der Waals surface area contributed by atoms with Crippen LogP contribution in [0.1, 0.15) is 35.8 Å². The number of amides is 1. The number of hydrogen-bond donors (Lipinski definition) is 2. The fourth-order valence-electron chi connectivity index (χ4n) is 1.65. The van der Waals surface area contributed by atoms with Crippen LogP contribution < -0.4 is 10.9 Å². The Labute approximate surface area is 104 Å². The van der Waals surface area contributed by atoms with Gasteiger partial charge in [-0.3, -0.25) is 9.59 Å². The van der Waals surface area contributed by atoms with Crippen LogP contribution in [0.15, 0.2) is 16.9 Å². The van der Waals surface area contributed by atoms with Crippen molar-refractivity contribution in [3.05, 3.63) is 33.7 Å². The van der Waals surface area contributed by atoms with Crippen LogP contribution in [-0.2, 0) is 11.3 Å². The lowest BCUT2D eigenvalue weighted by atomic mass is 10.1. The number of pyridine rings is 1. The number of carboxylic acid groups (broad SMARTS) is 1. The molecule has 2 N–H and O–H groups in total. The van der Waals surface area contributed by atoms with E-state index < -0.39 is 11.5 Å². The van der Waals surface area contributed by atoms with Crippen molar-refractivity contribution in [1.29, 1.82) is 0 Å². The van der Waals surface area contributed by atoms with E-state index in [1.54, 1.807) is 6.07 Å². The van der Waals surface area contributed by atoms with Crippen molar-refractivity contribution in [2.75, 3.05) is 7.05 Å². The predicted molar refractivity (Wildman–Crippen MR) is 65.8 cm³/mol. The number of carbonyl (C=O) groups excluding carboxylic acids is 1. The Morgan fingerprint density at radius 2 is 2.00 bits per heavy atom. The van der Waals surface area contributed by atoms with Gasteiger partial charge in [0.1, 0.15) is 12.1 Å². The molecule has 1 rings (SSSR count). The second kappa shape index (κ2) is 5.48. The maximum Gasteiger partial charge on any atom is 0.341 e. The number of carbonyl (C=O) groups is 2. The van der Waals surface area contributed by atoms with Gasteiger partial charge in [-0.25, -0.2) is 4.79 Å². The second-order valence-electron chi connectivity index (χ2n) is 4.20. The van der Waals surface area contributed by atoms with Crippen molar-refractivity contribution < 1.29 is 14.7 Å². The highest BCUT2D eigenvalue weighted by molar-refractivity contribution is 5.87. The van der Waals surface area contributed by atoms with Crippen LogP contribution in [0.25, 0.3) is 0 Å². The lowest BCUT2D eigenvalue weighted by molar-refractivity contribution is -0.121. The largest absolute Gasteiger partial charge is 0.477 e. The van der Waals surface area contributed by atoms with Crippen LogP contribution in [0, 0.1) is 0 Å². The number of nitrogens with one attached hydrogen (secondary N) is 1. The Bertz CT molecular complexity index is 531. The van der Waals surface area contributed by atoms with Gasteiger partial charge in [0, 0.05) is 12.7 Å². The molecule has 1 aromatic heterocycles. The second-order valence-corrected chi connectivity index (χ2v) is 4.20. The van der Waals surface area contributed by atoms with E-state index in [0.29, 0.717) is 5.69 Å². The molecule has 0 spiro atoms. The number of nitrogens with zero attached hydrogens (tertiary/aromatic N) is 1. The summed E-state index contributed by atoms with van der Waals surface area (Å²) in [4.78, 5) is 34.3. The summed E-state index contributed by atoms with van der Waals surface area (Å²) in [5.74, 6) is -1.62. The number of hydrogen-bond acceptors (Lipinski definition) is 3. The van der Waals surface area contributed by atoms with Crippen molar-refractivity contribution in [2.24, 2.45) is 0 Å². The van der Waals surface area contributed by atoms with Crippen LogP contribution >= 0.6 is 0 Å². The fourth-order valence-corrected chi connectivity index (χ4v) is 1.65. The molecule has 0 aliphatic rings. The Morgan fingerprint density at radius 3 is 2.44 bits per heavy atom. The lowest BCUT2D eigenvalue weighted by Gasteiger charge is -2.15. The number of rotatable bonds is 4. The summed E-state index contributed by atoms with van der Waals surface area (Å²) in [5.41, 5.74) is -0.353. The molecule has 1 amide bonds. The molecule has 0 saturated carbocycles. The monoisotopic (exact) mass is 252 g/mol. The van der Waals surface area contributed by atoms with Gasteiger partial charge in [-0.15, -0.1) is 0 Å². The average molecular weight is 252 g/mol. The summed E-state index contributed by atoms with van der Waals surface area (Å²) in [6.07, 6.45) is 0. The van der Waals surface area contributed by atoms with Gasteiger partial charge in [0.15, 0.2) is 0 Å². The van der Waals surface area contributed by atoms with Crippen molar-refractivity contribution in [1.82, 2.24) is 9.88 Å². The number of aromatic carboxylic acids is 1. The van der Waals surface area contributed by atoms with E-state index in [1.807, 2.05) is 13.8 Å². The lowest BCUT2D eigenvalue weighted by Crippen LogP contribution is -2.35. The number of carboxylic acids is 1. The summed E-state index contributed by atoms with van der Waals surface area (Å²) in [5, 5.41) is 11.3. The van der Waals surface area contributed by atoms with Crippen LogP contribution in [-0.4, -0.2) is 28.6 Å². The zero-order chi connectivity index (χ0) is 13.9. The van der Waals surface area contributed by atoms with E-state index in [-0.39, 0.29) is 23.9 Å². The third-order valence-corrected chi connectivity index (χ3v) is 2.61. The van der Waals surface area contributed by atoms with E-state index in [9.17, 15) is 14.4 Å². The normalized spacial score (nSPS) is 10.4. The molecule has 0 aromatic carbocycles. The third-order valence-electron chi connectivity index (χ3n) is 2.61. The molecule has 0 aliphatic carbocycles. The van der Waals surface area contributed by atoms with Crippen molar-refractivity contribution in [3.63, 3.8) is 0 Å². The molecular weight excluding hydrogens is 236 g/mol.